The molecule has 5 nitrogen and oxygen atoms in total. The van der Waals surface area contributed by atoms with Crippen molar-refractivity contribution in [3.8, 4) is 33.8 Å². The molecule has 0 spiro atoms. The summed E-state index contributed by atoms with van der Waals surface area (Å²) in [5.41, 5.74) is 14.7. The van der Waals surface area contributed by atoms with E-state index < -0.39 is 6.85 Å². The van der Waals surface area contributed by atoms with Crippen molar-refractivity contribution in [2.45, 2.75) is 72.8 Å². The highest BCUT2D eigenvalue weighted by molar-refractivity contribution is 6.09. The lowest BCUT2D eigenvalue weighted by atomic mass is 9.88. The minimum Gasteiger partial charge on any atom is -0.489 e. The van der Waals surface area contributed by atoms with Crippen molar-refractivity contribution in [1.29, 1.82) is 0 Å². The Hall–Kier alpha value is -7.11. The minimum atomic E-state index is -2.25. The van der Waals surface area contributed by atoms with Gasteiger partial charge in [0, 0.05) is 39.4 Å². The van der Waals surface area contributed by atoms with Gasteiger partial charge in [-0.2, -0.15) is 0 Å². The van der Waals surface area contributed by atoms with Gasteiger partial charge >= 0.3 is 0 Å². The highest BCUT2D eigenvalue weighted by atomic mass is 16.5. The fourth-order valence-electron chi connectivity index (χ4n) is 9.76. The molecule has 0 fully saturated rings. The number of hydrogen-bond acceptors (Lipinski definition) is 4. The molecule has 0 aliphatic carbocycles. The van der Waals surface area contributed by atoms with Gasteiger partial charge in [-0.1, -0.05) is 138 Å². The van der Waals surface area contributed by atoms with Crippen LogP contribution in [0.4, 0.5) is 17.1 Å². The Bertz CT molecular complexity index is 3290. The van der Waals surface area contributed by atoms with Gasteiger partial charge < -0.3 is 14.5 Å². The van der Waals surface area contributed by atoms with Crippen molar-refractivity contribution >= 4 is 38.9 Å². The summed E-state index contributed by atoms with van der Waals surface area (Å²) >= 11 is 0. The largest absolute Gasteiger partial charge is 0.489 e. The first-order valence-corrected chi connectivity index (χ1v) is 23.4. The Labute approximate surface area is 395 Å². The topological polar surface area (TPSA) is 33.5 Å². The highest BCUT2D eigenvalue weighted by Gasteiger charge is 2.27. The first-order valence-electron chi connectivity index (χ1n) is 24.9. The van der Waals surface area contributed by atoms with Crippen LogP contribution in [0.25, 0.3) is 49.9 Å². The van der Waals surface area contributed by atoms with E-state index in [1.54, 1.807) is 0 Å². The molecule has 7 aromatic carbocycles. The number of pyridine rings is 1. The van der Waals surface area contributed by atoms with Crippen LogP contribution in [0.1, 0.15) is 73.0 Å². The average Bonchev–Trinajstić information content (AvgIpc) is 3.89. The van der Waals surface area contributed by atoms with Crippen LogP contribution in [-0.2, 0) is 24.9 Å². The van der Waals surface area contributed by atoms with E-state index in [4.69, 9.17) is 13.8 Å². The quantitative estimate of drug-likeness (QED) is 0.116. The summed E-state index contributed by atoms with van der Waals surface area (Å²) in [5, 5.41) is 2.34. The van der Waals surface area contributed by atoms with E-state index >= 15 is 0 Å². The molecule has 0 N–H and O–H groups in total. The number of benzene rings is 7. The van der Waals surface area contributed by atoms with Crippen LogP contribution in [0.5, 0.6) is 5.75 Å². The maximum absolute atomic E-state index is 8.77. The van der Waals surface area contributed by atoms with Gasteiger partial charge in [-0.25, -0.2) is 4.98 Å². The number of nitrogens with zero attached hydrogens (tertiary/aromatic N) is 4. The number of aryl methyl sites for hydroxylation is 1. The lowest BCUT2D eigenvalue weighted by molar-refractivity contribution is 0.306. The van der Waals surface area contributed by atoms with Gasteiger partial charge in [-0.05, 0) is 148 Å². The number of hydrogen-bond donors (Lipinski definition) is 0. The van der Waals surface area contributed by atoms with Gasteiger partial charge in [0.15, 0.2) is 0 Å². The third kappa shape index (κ3) is 8.70. The molecule has 5 heteroatoms. The predicted molar refractivity (Wildman–Crippen MR) is 278 cm³/mol. The zero-order valence-electron chi connectivity index (χ0n) is 41.8. The summed E-state index contributed by atoms with van der Waals surface area (Å²) in [5.74, 6) is 2.08. The Morgan fingerprint density at radius 1 is 0.667 bits per heavy atom. The molecule has 0 saturated carbocycles. The number of rotatable bonds is 13. The van der Waals surface area contributed by atoms with Crippen LogP contribution in [0.2, 0.25) is 0 Å². The highest BCUT2D eigenvalue weighted by Crippen LogP contribution is 2.42. The van der Waals surface area contributed by atoms with Crippen molar-refractivity contribution in [3.63, 3.8) is 0 Å². The van der Waals surface area contributed by atoms with E-state index in [0.29, 0.717) is 31.2 Å². The molecule has 0 radical (unpaired) electrons. The summed E-state index contributed by atoms with van der Waals surface area (Å²) in [6, 6.07) is 59.6. The summed E-state index contributed by atoms with van der Waals surface area (Å²) in [6.07, 6.45) is 4.15. The van der Waals surface area contributed by atoms with Crippen molar-refractivity contribution < 1.29 is 8.85 Å². The molecular formula is C61H60N4O. The molecule has 1 aliphatic heterocycles. The number of para-hydroxylation sites is 3. The number of anilines is 3. The first-order chi connectivity index (χ1) is 33.3. The van der Waals surface area contributed by atoms with Gasteiger partial charge in [0.1, 0.15) is 18.2 Å². The molecule has 2 aromatic heterocycles. The molecule has 0 atom stereocenters. The Morgan fingerprint density at radius 3 is 2.26 bits per heavy atom. The number of aromatic nitrogens is 2. The molecule has 0 bridgehead atoms. The Balaban J connectivity index is 0.892. The second kappa shape index (κ2) is 18.0. The SMILES string of the molecule is [2H]C([2H])([2H])c1cc(CC(C)C)cc(-c2cccc(-c3ccccc3)c2)c1CCCN1CN(c2cccc(COc3ccc4c5ccccc5n(-c5cc(C(C)(C)C)ccn5)c4c3)c2)c2ccccc21. The van der Waals surface area contributed by atoms with E-state index in [-0.39, 0.29) is 5.41 Å². The fraction of sp³-hybridized carbons (Fsp3) is 0.230. The minimum absolute atomic E-state index is 0.00987. The Kier molecular flexibility index (Phi) is 10.7. The van der Waals surface area contributed by atoms with Gasteiger partial charge in [0.2, 0.25) is 0 Å². The molecule has 9 aromatic rings. The van der Waals surface area contributed by atoms with E-state index in [1.807, 2.05) is 18.3 Å². The van der Waals surface area contributed by atoms with E-state index in [2.05, 4.69) is 207 Å². The van der Waals surface area contributed by atoms with Gasteiger partial charge in [-0.3, -0.25) is 4.57 Å². The lowest BCUT2D eigenvalue weighted by Gasteiger charge is -2.23. The van der Waals surface area contributed by atoms with Gasteiger partial charge in [-0.15, -0.1) is 0 Å². The van der Waals surface area contributed by atoms with Crippen LogP contribution in [0.15, 0.2) is 176 Å². The van der Waals surface area contributed by atoms with E-state index in [0.717, 1.165) is 97.7 Å². The third-order valence-corrected chi connectivity index (χ3v) is 13.0. The van der Waals surface area contributed by atoms with Crippen LogP contribution in [0, 0.1) is 12.8 Å². The zero-order valence-corrected chi connectivity index (χ0v) is 38.8. The summed E-state index contributed by atoms with van der Waals surface area (Å²) in [7, 11) is 0. The fourth-order valence-corrected chi connectivity index (χ4v) is 9.76. The maximum atomic E-state index is 8.77. The van der Waals surface area contributed by atoms with Crippen molar-refractivity contribution in [2.75, 3.05) is 23.0 Å². The number of ether oxygens (including phenoxy) is 1. The van der Waals surface area contributed by atoms with Crippen LogP contribution in [0.3, 0.4) is 0 Å². The monoisotopic (exact) mass is 867 g/mol. The first kappa shape index (κ1) is 39.3. The smallest absolute Gasteiger partial charge is 0.137 e. The average molecular weight is 868 g/mol. The third-order valence-electron chi connectivity index (χ3n) is 13.0. The predicted octanol–water partition coefficient (Wildman–Crippen LogP) is 15.4. The summed E-state index contributed by atoms with van der Waals surface area (Å²) < 4.78 is 35.2. The lowest BCUT2D eigenvalue weighted by Crippen LogP contribution is -2.29. The number of fused-ring (bicyclic) bond motifs is 4. The molecular weight excluding hydrogens is 805 g/mol. The molecule has 0 saturated heterocycles. The van der Waals surface area contributed by atoms with E-state index in [9.17, 15) is 0 Å². The van der Waals surface area contributed by atoms with Crippen LogP contribution >= 0.6 is 0 Å². The molecule has 0 unspecified atom stereocenters. The summed E-state index contributed by atoms with van der Waals surface area (Å²) in [4.78, 5) is 9.66. The molecule has 0 amide bonds. The maximum Gasteiger partial charge on any atom is 0.137 e. The molecule has 330 valence electrons. The van der Waals surface area contributed by atoms with Gasteiger partial charge in [0.25, 0.3) is 0 Å². The van der Waals surface area contributed by atoms with Crippen LogP contribution < -0.4 is 14.5 Å². The second-order valence-corrected chi connectivity index (χ2v) is 19.3. The van der Waals surface area contributed by atoms with Crippen molar-refractivity contribution in [3.05, 3.63) is 204 Å². The zero-order chi connectivity index (χ0) is 47.9. The van der Waals surface area contributed by atoms with Crippen molar-refractivity contribution in [1.82, 2.24) is 9.55 Å². The second-order valence-electron chi connectivity index (χ2n) is 19.3. The molecule has 3 heterocycles. The van der Waals surface area contributed by atoms with Gasteiger partial charge in [0.05, 0.1) is 29.1 Å². The van der Waals surface area contributed by atoms with Crippen LogP contribution in [-0.4, -0.2) is 22.8 Å². The normalized spacial score (nSPS) is 13.6. The molecule has 66 heavy (non-hydrogen) atoms. The van der Waals surface area contributed by atoms with E-state index in [1.165, 1.54) is 16.6 Å². The standard InChI is InChI=1S/C61H60N4O/c1-42(2)33-45-34-43(3)52(55(36-45)48-21-15-20-47(37-48)46-18-8-7-9-19-46)24-16-32-63-41-64(58-27-13-12-26-57(58)63)50-22-14-17-44(35-50)40-66-51-28-29-54-53-23-10-11-25-56(53)65(59(54)39-51)60-38-49(30-31-62-60)61(4,5)6/h7-15,17-23,25-31,34-39,42H,16,24,32-33,40-41H2,1-6H3/i3D3. The molecule has 10 rings (SSSR count). The Morgan fingerprint density at radius 2 is 1.42 bits per heavy atom. The van der Waals surface area contributed by atoms with Crippen molar-refractivity contribution in [2.24, 2.45) is 5.92 Å². The molecule has 1 aliphatic rings. The summed E-state index contributed by atoms with van der Waals surface area (Å²) in [6.45, 7) is 10.7.